The molecule has 2 rings (SSSR count). The molecule has 0 fully saturated rings. The number of halogens is 3. The summed E-state index contributed by atoms with van der Waals surface area (Å²) in [4.78, 5) is 13.4. The lowest BCUT2D eigenvalue weighted by Crippen LogP contribution is -2.17. The first-order valence-corrected chi connectivity index (χ1v) is 11.7. The first kappa shape index (κ1) is 26.2. The van der Waals surface area contributed by atoms with Crippen molar-refractivity contribution in [2.24, 2.45) is 17.8 Å². The van der Waals surface area contributed by atoms with E-state index < -0.39 is 17.5 Å². The van der Waals surface area contributed by atoms with Crippen LogP contribution in [-0.2, 0) is 6.18 Å². The Morgan fingerprint density at radius 1 is 0.844 bits per heavy atom. The van der Waals surface area contributed by atoms with E-state index in [1.54, 1.807) is 18.2 Å². The molecule has 0 radical (unpaired) electrons. The fourth-order valence-electron chi connectivity index (χ4n) is 4.49. The summed E-state index contributed by atoms with van der Waals surface area (Å²) in [6.45, 7) is 14.7. The molecule has 0 saturated heterocycles. The van der Waals surface area contributed by atoms with Gasteiger partial charge in [0.1, 0.15) is 0 Å². The molecule has 176 valence electrons. The van der Waals surface area contributed by atoms with E-state index in [1.807, 2.05) is 26.0 Å². The molecule has 0 heterocycles. The first-order valence-electron chi connectivity index (χ1n) is 11.7. The van der Waals surface area contributed by atoms with E-state index in [0.717, 1.165) is 30.0 Å². The number of alkyl halides is 3. The molecule has 0 saturated carbocycles. The van der Waals surface area contributed by atoms with Gasteiger partial charge in [-0.15, -0.1) is 0 Å². The van der Waals surface area contributed by atoms with E-state index >= 15 is 0 Å². The van der Waals surface area contributed by atoms with Crippen molar-refractivity contribution in [3.05, 3.63) is 70.3 Å². The summed E-state index contributed by atoms with van der Waals surface area (Å²) in [5.41, 5.74) is 0.788. The summed E-state index contributed by atoms with van der Waals surface area (Å²) < 4.78 is 41.5. The zero-order valence-electron chi connectivity index (χ0n) is 20.4. The molecule has 0 aliphatic carbocycles. The number of hydrogen-bond acceptors (Lipinski definition) is 1. The number of rotatable bonds is 9. The van der Waals surface area contributed by atoms with Gasteiger partial charge in [0, 0.05) is 11.1 Å². The zero-order valence-corrected chi connectivity index (χ0v) is 20.4. The number of carbonyl (C=O) groups excluding carboxylic acids is 1. The van der Waals surface area contributed by atoms with Crippen LogP contribution in [0.15, 0.2) is 42.5 Å². The molecule has 32 heavy (non-hydrogen) atoms. The molecule has 2 unspecified atom stereocenters. The second-order valence-corrected chi connectivity index (χ2v) is 10.1. The monoisotopic (exact) mass is 446 g/mol. The molecule has 2 atom stereocenters. The van der Waals surface area contributed by atoms with Gasteiger partial charge in [-0.05, 0) is 65.7 Å². The SMILES string of the molecule is CC(C)CC(CC(C)c1ccc(C(F)(F)F)c(C(=O)c2ccccc2C(C)C)c1)C(C)C. The van der Waals surface area contributed by atoms with Gasteiger partial charge in [0.2, 0.25) is 0 Å². The highest BCUT2D eigenvalue weighted by Gasteiger charge is 2.36. The summed E-state index contributed by atoms with van der Waals surface area (Å²) in [6.07, 6.45) is -2.62. The van der Waals surface area contributed by atoms with Gasteiger partial charge in [-0.25, -0.2) is 0 Å². The molecular formula is C28H37F3O. The third kappa shape index (κ3) is 6.46. The highest BCUT2D eigenvalue weighted by Crippen LogP contribution is 2.37. The molecule has 0 aliphatic rings. The Hall–Kier alpha value is -2.10. The number of carbonyl (C=O) groups is 1. The average molecular weight is 447 g/mol. The summed E-state index contributed by atoms with van der Waals surface area (Å²) in [7, 11) is 0. The summed E-state index contributed by atoms with van der Waals surface area (Å²) in [6, 6.07) is 11.1. The number of hydrogen-bond donors (Lipinski definition) is 0. The molecule has 0 aromatic heterocycles. The van der Waals surface area contributed by atoms with E-state index in [4.69, 9.17) is 0 Å². The van der Waals surface area contributed by atoms with Crippen molar-refractivity contribution in [2.75, 3.05) is 0 Å². The van der Waals surface area contributed by atoms with Gasteiger partial charge in [-0.1, -0.05) is 78.8 Å². The Morgan fingerprint density at radius 3 is 2.00 bits per heavy atom. The lowest BCUT2D eigenvalue weighted by atomic mass is 9.79. The van der Waals surface area contributed by atoms with Gasteiger partial charge < -0.3 is 0 Å². The molecule has 2 aromatic rings. The van der Waals surface area contributed by atoms with Crippen LogP contribution in [0.1, 0.15) is 106 Å². The van der Waals surface area contributed by atoms with E-state index in [1.165, 1.54) is 6.07 Å². The molecule has 0 N–H and O–H groups in total. The van der Waals surface area contributed by atoms with Gasteiger partial charge in [0.15, 0.2) is 5.78 Å². The minimum atomic E-state index is -4.59. The van der Waals surface area contributed by atoms with Crippen LogP contribution < -0.4 is 0 Å². The van der Waals surface area contributed by atoms with Gasteiger partial charge in [-0.2, -0.15) is 13.2 Å². The molecule has 2 aromatic carbocycles. The Balaban J connectivity index is 2.51. The maximum absolute atomic E-state index is 13.8. The van der Waals surface area contributed by atoms with Crippen molar-refractivity contribution in [1.29, 1.82) is 0 Å². The molecular weight excluding hydrogens is 409 g/mol. The van der Waals surface area contributed by atoms with Crippen LogP contribution in [-0.4, -0.2) is 5.78 Å². The summed E-state index contributed by atoms with van der Waals surface area (Å²) >= 11 is 0. The lowest BCUT2D eigenvalue weighted by Gasteiger charge is -2.27. The van der Waals surface area contributed by atoms with Gasteiger partial charge in [-0.3, -0.25) is 4.79 Å². The van der Waals surface area contributed by atoms with Gasteiger partial charge in [0.25, 0.3) is 0 Å². The van der Waals surface area contributed by atoms with Crippen LogP contribution in [0.5, 0.6) is 0 Å². The van der Waals surface area contributed by atoms with Crippen molar-refractivity contribution in [2.45, 2.75) is 79.3 Å². The maximum Gasteiger partial charge on any atom is 0.417 e. The Labute approximate surface area is 191 Å². The molecule has 1 nitrogen and oxygen atoms in total. The number of ketones is 1. The number of benzene rings is 2. The maximum atomic E-state index is 13.8. The van der Waals surface area contributed by atoms with E-state index in [0.29, 0.717) is 23.3 Å². The predicted octanol–water partition coefficient (Wildman–Crippen LogP) is 8.87. The standard InChI is InChI=1S/C28H37F3O/c1-17(2)14-22(18(3)4)15-20(7)21-12-13-26(28(29,30)31)25(16-21)27(32)24-11-9-8-10-23(24)19(5)6/h8-13,16-20,22H,14-15H2,1-7H3. The van der Waals surface area contributed by atoms with Crippen molar-refractivity contribution < 1.29 is 18.0 Å². The molecule has 0 amide bonds. The smallest absolute Gasteiger partial charge is 0.289 e. The fraction of sp³-hybridized carbons (Fsp3) is 0.536. The van der Waals surface area contributed by atoms with Crippen LogP contribution >= 0.6 is 0 Å². The second kappa shape index (κ2) is 10.7. The summed E-state index contributed by atoms with van der Waals surface area (Å²) in [5, 5.41) is 0. The third-order valence-corrected chi connectivity index (χ3v) is 6.36. The van der Waals surface area contributed by atoms with Gasteiger partial charge in [0.05, 0.1) is 5.56 Å². The van der Waals surface area contributed by atoms with Crippen LogP contribution in [0, 0.1) is 17.8 Å². The Kier molecular flexibility index (Phi) is 8.73. The van der Waals surface area contributed by atoms with Crippen LogP contribution in [0.25, 0.3) is 0 Å². The molecule has 0 bridgehead atoms. The minimum absolute atomic E-state index is 0.0365. The van der Waals surface area contributed by atoms with Crippen LogP contribution in [0.2, 0.25) is 0 Å². The van der Waals surface area contributed by atoms with Crippen molar-refractivity contribution in [3.8, 4) is 0 Å². The third-order valence-electron chi connectivity index (χ3n) is 6.36. The fourth-order valence-corrected chi connectivity index (χ4v) is 4.49. The molecule has 4 heteroatoms. The molecule has 0 aliphatic heterocycles. The van der Waals surface area contributed by atoms with Crippen LogP contribution in [0.3, 0.4) is 0 Å². The second-order valence-electron chi connectivity index (χ2n) is 10.1. The topological polar surface area (TPSA) is 17.1 Å². The van der Waals surface area contributed by atoms with Crippen molar-refractivity contribution in [3.63, 3.8) is 0 Å². The van der Waals surface area contributed by atoms with Crippen molar-refractivity contribution in [1.82, 2.24) is 0 Å². The largest absolute Gasteiger partial charge is 0.417 e. The average Bonchev–Trinajstić information content (AvgIpc) is 2.71. The van der Waals surface area contributed by atoms with Crippen LogP contribution in [0.4, 0.5) is 13.2 Å². The predicted molar refractivity (Wildman–Crippen MR) is 126 cm³/mol. The lowest BCUT2D eigenvalue weighted by molar-refractivity contribution is -0.137. The van der Waals surface area contributed by atoms with E-state index in [2.05, 4.69) is 34.6 Å². The zero-order chi connectivity index (χ0) is 24.2. The van der Waals surface area contributed by atoms with E-state index in [9.17, 15) is 18.0 Å². The Morgan fingerprint density at radius 2 is 1.47 bits per heavy atom. The minimum Gasteiger partial charge on any atom is -0.289 e. The Bertz CT molecular complexity index is 909. The summed E-state index contributed by atoms with van der Waals surface area (Å²) in [5.74, 6) is 1.08. The first-order chi connectivity index (χ1) is 14.8. The van der Waals surface area contributed by atoms with E-state index in [-0.39, 0.29) is 17.4 Å². The normalized spacial score (nSPS) is 14.3. The highest BCUT2D eigenvalue weighted by atomic mass is 19.4. The quantitative estimate of drug-likeness (QED) is 0.352. The molecule has 0 spiro atoms. The van der Waals surface area contributed by atoms with Gasteiger partial charge >= 0.3 is 6.18 Å². The van der Waals surface area contributed by atoms with Crippen molar-refractivity contribution >= 4 is 5.78 Å². The highest BCUT2D eigenvalue weighted by molar-refractivity contribution is 6.11.